The van der Waals surface area contributed by atoms with Crippen LogP contribution in [0.2, 0.25) is 0 Å². The van der Waals surface area contributed by atoms with Gasteiger partial charge in [-0.15, -0.1) is 0 Å². The smallest absolute Gasteiger partial charge is 0.000697 e. The molecule has 0 unspecified atom stereocenters. The molecule has 0 nitrogen and oxygen atoms in total. The Labute approximate surface area is 80.0 Å². The van der Waals surface area contributed by atoms with Crippen LogP contribution >= 0.6 is 0 Å². The van der Waals surface area contributed by atoms with Crippen molar-refractivity contribution in [2.75, 3.05) is 0 Å². The summed E-state index contributed by atoms with van der Waals surface area (Å²) < 4.78 is 0. The largest absolute Gasteiger partial charge is 0.0990 e. The van der Waals surface area contributed by atoms with Crippen LogP contribution < -0.4 is 0 Å². The van der Waals surface area contributed by atoms with Gasteiger partial charge in [-0.25, -0.2) is 0 Å². The molecule has 62 valence electrons. The minimum Gasteiger partial charge on any atom is -0.0990 e. The summed E-state index contributed by atoms with van der Waals surface area (Å²) in [5, 5.41) is 0. The van der Waals surface area contributed by atoms with Crippen LogP contribution in [0, 0.1) is 35.5 Å². The van der Waals surface area contributed by atoms with Crippen molar-refractivity contribution in [3.63, 3.8) is 0 Å². The third kappa shape index (κ3) is 9.90. The van der Waals surface area contributed by atoms with Crippen LogP contribution in [0.5, 0.6) is 0 Å². The molecule has 0 aliphatic heterocycles. The van der Waals surface area contributed by atoms with Gasteiger partial charge >= 0.3 is 0 Å². The molecule has 0 amide bonds. The first kappa shape index (κ1) is 10.9. The molecule has 0 rings (SSSR count). The average Bonchev–Trinajstić information content (AvgIpc) is 2.16. The Morgan fingerprint density at radius 1 is 0.923 bits per heavy atom. The lowest BCUT2D eigenvalue weighted by molar-refractivity contribution is 1.76. The molecule has 0 aliphatic carbocycles. The number of hydrogen-bond donors (Lipinski definition) is 0. The molecule has 0 aromatic heterocycles. The lowest BCUT2D eigenvalue weighted by Gasteiger charge is -1.61. The maximum absolute atomic E-state index is 3.51. The molecule has 0 heterocycles. The standard InChI is InChI=1S/C13H10/c1-3-5-7-9-11-13-12-10-8-6-4-2/h3-7H,1H2,2H3/b6-4+,7-5+. The first-order valence-corrected chi connectivity index (χ1v) is 3.81. The van der Waals surface area contributed by atoms with E-state index in [1.807, 2.05) is 13.0 Å². The van der Waals surface area contributed by atoms with Gasteiger partial charge in [-0.3, -0.25) is 0 Å². The zero-order chi connectivity index (χ0) is 9.78. The summed E-state index contributed by atoms with van der Waals surface area (Å²) in [5.74, 6) is 15.9. The normalized spacial score (nSPS) is 7.77. The molecule has 0 N–H and O–H groups in total. The Hall–Kier alpha value is -2.10. The van der Waals surface area contributed by atoms with Gasteiger partial charge < -0.3 is 0 Å². The van der Waals surface area contributed by atoms with E-state index >= 15 is 0 Å². The molecule has 0 saturated heterocycles. The van der Waals surface area contributed by atoms with Gasteiger partial charge in [0.2, 0.25) is 0 Å². The predicted molar refractivity (Wildman–Crippen MR) is 57.5 cm³/mol. The third-order valence-electron chi connectivity index (χ3n) is 0.897. The monoisotopic (exact) mass is 166 g/mol. The van der Waals surface area contributed by atoms with E-state index in [0.717, 1.165) is 0 Å². The van der Waals surface area contributed by atoms with Crippen LogP contribution in [0.25, 0.3) is 0 Å². The molecule has 0 fully saturated rings. The molecule has 0 atom stereocenters. The lowest BCUT2D eigenvalue weighted by atomic mass is 10.4. The Morgan fingerprint density at radius 2 is 1.54 bits per heavy atom. The fraction of sp³-hybridized carbons (Fsp3) is 0.0769. The molecule has 0 saturated carbocycles. The van der Waals surface area contributed by atoms with E-state index in [9.17, 15) is 0 Å². The van der Waals surface area contributed by atoms with Crippen molar-refractivity contribution in [3.8, 4) is 35.5 Å². The van der Waals surface area contributed by atoms with Crippen LogP contribution in [-0.4, -0.2) is 0 Å². The Kier molecular flexibility index (Phi) is 8.30. The van der Waals surface area contributed by atoms with Gasteiger partial charge in [0.25, 0.3) is 0 Å². The summed E-state index contributed by atoms with van der Waals surface area (Å²) in [6.45, 7) is 5.41. The third-order valence-corrected chi connectivity index (χ3v) is 0.897. The van der Waals surface area contributed by atoms with Crippen LogP contribution in [0.1, 0.15) is 6.92 Å². The van der Waals surface area contributed by atoms with Gasteiger partial charge in [0.1, 0.15) is 0 Å². The van der Waals surface area contributed by atoms with Gasteiger partial charge in [-0.05, 0) is 42.8 Å². The van der Waals surface area contributed by atoms with Crippen molar-refractivity contribution in [3.05, 3.63) is 37.0 Å². The van der Waals surface area contributed by atoms with E-state index < -0.39 is 0 Å². The first-order chi connectivity index (χ1) is 6.41. The van der Waals surface area contributed by atoms with E-state index in [1.54, 1.807) is 24.3 Å². The molecular formula is C13H10. The van der Waals surface area contributed by atoms with E-state index in [2.05, 4.69) is 42.1 Å². The molecule has 0 aromatic carbocycles. The maximum atomic E-state index is 3.51. The fourth-order valence-corrected chi connectivity index (χ4v) is 0.417. The molecule has 0 bridgehead atoms. The summed E-state index contributed by atoms with van der Waals surface area (Å²) in [6, 6.07) is 0. The Morgan fingerprint density at radius 3 is 2.08 bits per heavy atom. The highest BCUT2D eigenvalue weighted by atomic mass is 13.6. The van der Waals surface area contributed by atoms with Gasteiger partial charge in [-0.2, -0.15) is 0 Å². The summed E-state index contributed by atoms with van der Waals surface area (Å²) in [5.41, 5.74) is 0. The molecule has 0 heteroatoms. The van der Waals surface area contributed by atoms with Crippen molar-refractivity contribution in [1.29, 1.82) is 0 Å². The number of rotatable bonds is 1. The summed E-state index contributed by atoms with van der Waals surface area (Å²) in [6.07, 6.45) is 8.68. The molecular weight excluding hydrogens is 156 g/mol. The number of hydrogen-bond acceptors (Lipinski definition) is 0. The predicted octanol–water partition coefficient (Wildman–Crippen LogP) is 2.31. The highest BCUT2D eigenvalue weighted by Gasteiger charge is 1.56. The maximum Gasteiger partial charge on any atom is -0.000697 e. The molecule has 0 aromatic rings. The lowest BCUT2D eigenvalue weighted by Crippen LogP contribution is -1.53. The van der Waals surface area contributed by atoms with Crippen LogP contribution in [0.3, 0.4) is 0 Å². The van der Waals surface area contributed by atoms with Crippen LogP contribution in [0.15, 0.2) is 37.0 Å². The van der Waals surface area contributed by atoms with E-state index in [-0.39, 0.29) is 0 Å². The van der Waals surface area contributed by atoms with E-state index in [0.29, 0.717) is 0 Å². The van der Waals surface area contributed by atoms with E-state index in [1.165, 1.54) is 0 Å². The second kappa shape index (κ2) is 9.90. The van der Waals surface area contributed by atoms with Gasteiger partial charge in [-0.1, -0.05) is 36.6 Å². The van der Waals surface area contributed by atoms with Gasteiger partial charge in [0, 0.05) is 0 Å². The fourth-order valence-electron chi connectivity index (χ4n) is 0.417. The topological polar surface area (TPSA) is 0 Å². The van der Waals surface area contributed by atoms with Gasteiger partial charge in [0.15, 0.2) is 0 Å². The Bertz CT molecular complexity index is 373. The second-order valence-corrected chi connectivity index (χ2v) is 1.88. The minimum absolute atomic E-state index is 1.66. The zero-order valence-corrected chi connectivity index (χ0v) is 7.59. The number of allylic oxidation sites excluding steroid dienone is 5. The van der Waals surface area contributed by atoms with Crippen LogP contribution in [0.4, 0.5) is 0 Å². The summed E-state index contributed by atoms with van der Waals surface area (Å²) in [7, 11) is 0. The quantitative estimate of drug-likeness (QED) is 0.414. The van der Waals surface area contributed by atoms with Crippen molar-refractivity contribution < 1.29 is 0 Å². The Balaban J connectivity index is 3.99. The molecule has 0 aliphatic rings. The van der Waals surface area contributed by atoms with Crippen molar-refractivity contribution >= 4 is 0 Å². The van der Waals surface area contributed by atoms with Crippen molar-refractivity contribution in [1.82, 2.24) is 0 Å². The van der Waals surface area contributed by atoms with Crippen molar-refractivity contribution in [2.45, 2.75) is 6.92 Å². The first-order valence-electron chi connectivity index (χ1n) is 3.81. The second-order valence-electron chi connectivity index (χ2n) is 1.88. The summed E-state index contributed by atoms with van der Waals surface area (Å²) in [4.78, 5) is 0. The average molecular weight is 166 g/mol. The van der Waals surface area contributed by atoms with Crippen molar-refractivity contribution in [2.24, 2.45) is 0 Å². The summed E-state index contributed by atoms with van der Waals surface area (Å²) >= 11 is 0. The highest BCUT2D eigenvalue weighted by Crippen LogP contribution is 1.68. The van der Waals surface area contributed by atoms with Gasteiger partial charge in [0.05, 0.1) is 0 Å². The molecule has 0 radical (unpaired) electrons. The van der Waals surface area contributed by atoms with E-state index in [4.69, 9.17) is 0 Å². The SMILES string of the molecule is C=C/C=C/C#CC#CC#C/C=C/C. The van der Waals surface area contributed by atoms with Crippen LogP contribution in [-0.2, 0) is 0 Å². The molecule has 13 heavy (non-hydrogen) atoms. The molecule has 0 spiro atoms. The zero-order valence-electron chi connectivity index (χ0n) is 7.59. The highest BCUT2D eigenvalue weighted by molar-refractivity contribution is 5.39. The minimum atomic E-state index is 1.66.